The number of halogens is 1. The maximum atomic E-state index is 12.4. The Morgan fingerprint density at radius 3 is 2.59 bits per heavy atom. The van der Waals surface area contributed by atoms with Gasteiger partial charge in [0.1, 0.15) is 0 Å². The first kappa shape index (κ1) is 19.3. The van der Waals surface area contributed by atoms with Gasteiger partial charge in [-0.05, 0) is 74.1 Å². The fourth-order valence-corrected chi connectivity index (χ4v) is 3.44. The van der Waals surface area contributed by atoms with Crippen LogP contribution in [0.1, 0.15) is 47.7 Å². The van der Waals surface area contributed by atoms with Crippen molar-refractivity contribution in [3.63, 3.8) is 0 Å². The van der Waals surface area contributed by atoms with Crippen LogP contribution >= 0.6 is 15.9 Å². The van der Waals surface area contributed by atoms with E-state index in [1.807, 2.05) is 12.1 Å². The maximum Gasteiger partial charge on any atom is 0.271 e. The molecule has 0 spiro atoms. The van der Waals surface area contributed by atoms with Crippen molar-refractivity contribution in [2.45, 2.75) is 39.0 Å². The summed E-state index contributed by atoms with van der Waals surface area (Å²) >= 11 is 3.33. The van der Waals surface area contributed by atoms with E-state index < -0.39 is 0 Å². The van der Waals surface area contributed by atoms with Gasteiger partial charge in [-0.15, -0.1) is 0 Å². The van der Waals surface area contributed by atoms with Crippen molar-refractivity contribution < 1.29 is 9.59 Å². The summed E-state index contributed by atoms with van der Waals surface area (Å²) in [5.74, 6) is -0.437. The smallest absolute Gasteiger partial charge is 0.271 e. The molecule has 0 bridgehead atoms. The number of hydrogen-bond donors (Lipinski definition) is 2. The Balaban J connectivity index is 1.57. The number of nitrogens with one attached hydrogen (secondary N) is 2. The van der Waals surface area contributed by atoms with Crippen LogP contribution in [-0.2, 0) is 17.6 Å². The van der Waals surface area contributed by atoms with Crippen molar-refractivity contribution in [2.75, 3.05) is 5.32 Å². The van der Waals surface area contributed by atoms with Gasteiger partial charge < -0.3 is 5.32 Å². The molecule has 6 heteroatoms. The number of hydrogen-bond acceptors (Lipinski definition) is 3. The van der Waals surface area contributed by atoms with Gasteiger partial charge in [0, 0.05) is 21.4 Å². The van der Waals surface area contributed by atoms with E-state index in [0.29, 0.717) is 11.3 Å². The largest absolute Gasteiger partial charge is 0.325 e. The molecule has 140 valence electrons. The number of aryl methyl sites for hydroxylation is 1. The Kier molecular flexibility index (Phi) is 6.40. The number of carbonyl (C=O) groups excluding carboxylic acids is 2. The summed E-state index contributed by atoms with van der Waals surface area (Å²) in [6, 6.07) is 13.1. The average Bonchev–Trinajstić information content (AvgIpc) is 2.67. The van der Waals surface area contributed by atoms with Crippen molar-refractivity contribution >= 4 is 39.1 Å². The minimum atomic E-state index is -0.306. The van der Waals surface area contributed by atoms with Gasteiger partial charge in [-0.2, -0.15) is 5.10 Å². The number of amides is 2. The lowest BCUT2D eigenvalue weighted by molar-refractivity contribution is -0.115. The molecule has 0 aliphatic heterocycles. The number of nitrogens with zero attached hydrogens (tertiary/aromatic N) is 1. The van der Waals surface area contributed by atoms with Gasteiger partial charge in [0.2, 0.25) is 5.91 Å². The number of benzene rings is 2. The molecule has 1 aliphatic carbocycles. The highest BCUT2D eigenvalue weighted by Crippen LogP contribution is 2.27. The predicted octanol–water partition coefficient (Wildman–Crippen LogP) is 4.46. The van der Waals surface area contributed by atoms with Crippen LogP contribution in [0.15, 0.2) is 52.0 Å². The lowest BCUT2D eigenvalue weighted by atomic mass is 9.90. The first-order valence-corrected chi connectivity index (χ1v) is 9.82. The van der Waals surface area contributed by atoms with Crippen LogP contribution in [-0.4, -0.2) is 17.5 Å². The maximum absolute atomic E-state index is 12.4. The Morgan fingerprint density at radius 2 is 1.81 bits per heavy atom. The highest BCUT2D eigenvalue weighted by molar-refractivity contribution is 9.10. The average molecular weight is 428 g/mol. The number of hydrazone groups is 1. The van der Waals surface area contributed by atoms with Crippen LogP contribution < -0.4 is 10.7 Å². The van der Waals surface area contributed by atoms with Crippen LogP contribution in [0.25, 0.3) is 0 Å². The van der Waals surface area contributed by atoms with E-state index in [2.05, 4.69) is 37.8 Å². The molecule has 0 unspecified atom stereocenters. The van der Waals surface area contributed by atoms with E-state index in [1.54, 1.807) is 31.2 Å². The van der Waals surface area contributed by atoms with Crippen molar-refractivity contribution in [1.82, 2.24) is 5.43 Å². The number of rotatable bonds is 5. The predicted molar refractivity (Wildman–Crippen MR) is 111 cm³/mol. The van der Waals surface area contributed by atoms with Crippen LogP contribution in [0.5, 0.6) is 0 Å². The minimum absolute atomic E-state index is 0.129. The fourth-order valence-electron chi connectivity index (χ4n) is 3.18. The SMILES string of the molecule is C/C(CC(=O)Nc1cccc2c1CCCC2)=N\NC(=O)c1ccc(Br)cc1. The first-order valence-electron chi connectivity index (χ1n) is 9.02. The monoisotopic (exact) mass is 427 g/mol. The molecule has 2 amide bonds. The van der Waals surface area contributed by atoms with Gasteiger partial charge in [-0.3, -0.25) is 9.59 Å². The zero-order valence-electron chi connectivity index (χ0n) is 15.2. The lowest BCUT2D eigenvalue weighted by Gasteiger charge is -2.19. The summed E-state index contributed by atoms with van der Waals surface area (Å²) < 4.78 is 0.901. The third-order valence-corrected chi connectivity index (χ3v) is 5.07. The summed E-state index contributed by atoms with van der Waals surface area (Å²) in [6.07, 6.45) is 4.56. The van der Waals surface area contributed by atoms with E-state index in [9.17, 15) is 9.59 Å². The molecule has 0 saturated heterocycles. The molecule has 0 atom stereocenters. The van der Waals surface area contributed by atoms with Gasteiger partial charge >= 0.3 is 0 Å². The third-order valence-electron chi connectivity index (χ3n) is 4.54. The van der Waals surface area contributed by atoms with Gasteiger partial charge in [0.15, 0.2) is 0 Å². The van der Waals surface area contributed by atoms with E-state index in [0.717, 1.165) is 29.4 Å². The van der Waals surface area contributed by atoms with E-state index in [4.69, 9.17) is 0 Å². The van der Waals surface area contributed by atoms with Crippen LogP contribution in [0.2, 0.25) is 0 Å². The molecule has 1 aliphatic rings. The normalized spacial score (nSPS) is 13.6. The Bertz CT molecular complexity index is 875. The standard InChI is InChI=1S/C21H22BrN3O2/c1-14(24-25-21(27)16-9-11-17(22)12-10-16)13-20(26)23-19-8-4-6-15-5-2-3-7-18(15)19/h4,6,8-12H,2-3,5,7,13H2,1H3,(H,23,26)(H,25,27)/b24-14+. The Labute approximate surface area is 167 Å². The molecule has 2 aromatic carbocycles. The van der Waals surface area contributed by atoms with Gasteiger partial charge in [-0.1, -0.05) is 28.1 Å². The summed E-state index contributed by atoms with van der Waals surface area (Å²) in [7, 11) is 0. The molecule has 2 N–H and O–H groups in total. The molecule has 0 radical (unpaired) electrons. The van der Waals surface area contributed by atoms with E-state index in [1.165, 1.54) is 17.5 Å². The number of anilines is 1. The Hall–Kier alpha value is -2.47. The van der Waals surface area contributed by atoms with Gasteiger partial charge in [0.25, 0.3) is 5.91 Å². The highest BCUT2D eigenvalue weighted by atomic mass is 79.9. The quantitative estimate of drug-likeness (QED) is 0.545. The molecular weight excluding hydrogens is 406 g/mol. The summed E-state index contributed by atoms with van der Waals surface area (Å²) in [4.78, 5) is 24.4. The van der Waals surface area contributed by atoms with Crippen LogP contribution in [0.4, 0.5) is 5.69 Å². The molecule has 0 heterocycles. The molecule has 27 heavy (non-hydrogen) atoms. The number of carbonyl (C=O) groups is 2. The fraction of sp³-hybridized carbons (Fsp3) is 0.286. The number of fused-ring (bicyclic) bond motifs is 1. The van der Waals surface area contributed by atoms with Gasteiger partial charge in [0.05, 0.1) is 6.42 Å². The minimum Gasteiger partial charge on any atom is -0.325 e. The second kappa shape index (κ2) is 8.95. The van der Waals surface area contributed by atoms with E-state index >= 15 is 0 Å². The molecule has 0 fully saturated rings. The molecule has 0 saturated carbocycles. The summed E-state index contributed by atoms with van der Waals surface area (Å²) in [6.45, 7) is 1.72. The van der Waals surface area contributed by atoms with Crippen LogP contribution in [0, 0.1) is 0 Å². The van der Waals surface area contributed by atoms with Crippen molar-refractivity contribution in [3.8, 4) is 0 Å². The molecular formula is C21H22BrN3O2. The van der Waals surface area contributed by atoms with Gasteiger partial charge in [-0.25, -0.2) is 5.43 Å². The molecule has 5 nitrogen and oxygen atoms in total. The second-order valence-electron chi connectivity index (χ2n) is 6.67. The zero-order chi connectivity index (χ0) is 19.2. The lowest BCUT2D eigenvalue weighted by Crippen LogP contribution is -2.22. The molecule has 3 rings (SSSR count). The van der Waals surface area contributed by atoms with Crippen molar-refractivity contribution in [2.24, 2.45) is 5.10 Å². The Morgan fingerprint density at radius 1 is 1.07 bits per heavy atom. The second-order valence-corrected chi connectivity index (χ2v) is 7.59. The summed E-state index contributed by atoms with van der Waals surface area (Å²) in [5, 5.41) is 7.03. The van der Waals surface area contributed by atoms with Crippen LogP contribution in [0.3, 0.4) is 0 Å². The van der Waals surface area contributed by atoms with E-state index in [-0.39, 0.29) is 18.2 Å². The first-order chi connectivity index (χ1) is 13.0. The van der Waals surface area contributed by atoms with Crippen molar-refractivity contribution in [3.05, 3.63) is 63.6 Å². The summed E-state index contributed by atoms with van der Waals surface area (Å²) in [5.41, 5.74) is 7.01. The zero-order valence-corrected chi connectivity index (χ0v) is 16.8. The van der Waals surface area contributed by atoms with Crippen molar-refractivity contribution in [1.29, 1.82) is 0 Å². The topological polar surface area (TPSA) is 70.6 Å². The molecule has 0 aromatic heterocycles. The molecule has 2 aromatic rings. The highest BCUT2D eigenvalue weighted by Gasteiger charge is 2.15. The third kappa shape index (κ3) is 5.26.